The molecule has 3 aromatic heterocycles. The molecule has 1 aromatic carbocycles. The molecule has 0 bridgehead atoms. The molecule has 0 spiro atoms. The Balaban J connectivity index is 1.36. The van der Waals surface area contributed by atoms with Crippen LogP contribution in [0.5, 0.6) is 0 Å². The summed E-state index contributed by atoms with van der Waals surface area (Å²) in [5, 5.41) is 21.7. The van der Waals surface area contributed by atoms with Crippen LogP contribution in [-0.2, 0) is 0 Å². The monoisotopic (exact) mass is 452 g/mol. The maximum Gasteiger partial charge on any atom is 0.275 e. The fraction of sp³-hybridized carbons (Fsp3) is 0.250. The van der Waals surface area contributed by atoms with E-state index < -0.39 is 0 Å². The molecule has 1 amide bonds. The highest BCUT2D eigenvalue weighted by atomic mass is 32.1. The molecule has 0 unspecified atom stereocenters. The first-order valence-corrected chi connectivity index (χ1v) is 11.6. The van der Waals surface area contributed by atoms with Crippen LogP contribution < -0.4 is 16.0 Å². The fourth-order valence-corrected chi connectivity index (χ4v) is 5.31. The molecule has 4 N–H and O–H groups in total. The summed E-state index contributed by atoms with van der Waals surface area (Å²) in [6.07, 6.45) is 1.89. The zero-order chi connectivity index (χ0) is 21.2. The Morgan fingerprint density at radius 3 is 2.84 bits per heavy atom. The van der Waals surface area contributed by atoms with E-state index in [9.17, 15) is 4.79 Å². The van der Waals surface area contributed by atoms with Crippen molar-refractivity contribution in [3.8, 4) is 21.3 Å². The first-order valence-electron chi connectivity index (χ1n) is 9.87. The maximum absolute atomic E-state index is 13.0. The molecule has 9 nitrogen and oxygen atoms in total. The molecule has 4 aromatic rings. The Morgan fingerprint density at radius 2 is 2.03 bits per heavy atom. The summed E-state index contributed by atoms with van der Waals surface area (Å²) < 4.78 is 0. The number of piperidine rings is 1. The zero-order valence-electron chi connectivity index (χ0n) is 16.5. The van der Waals surface area contributed by atoms with Crippen molar-refractivity contribution in [1.82, 2.24) is 25.6 Å². The number of H-pyrrole nitrogens is 1. The van der Waals surface area contributed by atoms with E-state index in [1.807, 2.05) is 35.7 Å². The van der Waals surface area contributed by atoms with Crippen molar-refractivity contribution in [1.29, 1.82) is 0 Å². The number of nitrogens with two attached hydrogens (primary N) is 1. The number of aromatic nitrogens is 5. The lowest BCUT2D eigenvalue weighted by molar-refractivity contribution is 0.102. The average molecular weight is 453 g/mol. The summed E-state index contributed by atoms with van der Waals surface area (Å²) in [4.78, 5) is 20.7. The number of hydrogen-bond donors (Lipinski definition) is 3. The topological polar surface area (TPSA) is 126 Å². The van der Waals surface area contributed by atoms with Gasteiger partial charge in [-0.3, -0.25) is 4.79 Å². The van der Waals surface area contributed by atoms with Gasteiger partial charge in [0.2, 0.25) is 5.82 Å². The number of rotatable bonds is 5. The third kappa shape index (κ3) is 4.07. The van der Waals surface area contributed by atoms with Gasteiger partial charge in [0.05, 0.1) is 16.3 Å². The van der Waals surface area contributed by atoms with Crippen molar-refractivity contribution in [2.24, 2.45) is 5.73 Å². The van der Waals surface area contributed by atoms with Crippen LogP contribution >= 0.6 is 22.7 Å². The van der Waals surface area contributed by atoms with Gasteiger partial charge in [-0.2, -0.15) is 5.21 Å². The molecule has 158 valence electrons. The highest BCUT2D eigenvalue weighted by molar-refractivity contribution is 7.16. The van der Waals surface area contributed by atoms with Gasteiger partial charge in [0, 0.05) is 30.1 Å². The molecule has 0 aliphatic carbocycles. The Kier molecular flexibility index (Phi) is 5.45. The SMILES string of the molecule is NC1CCN(c2ccccc2NC(=O)c2csc(-c3ccsc3-c3nn[nH]n3)n2)CC1. The number of thiazole rings is 1. The van der Waals surface area contributed by atoms with Crippen LogP contribution in [0.3, 0.4) is 0 Å². The minimum atomic E-state index is -0.236. The first-order chi connectivity index (χ1) is 15.2. The largest absolute Gasteiger partial charge is 0.370 e. The number of tetrazole rings is 1. The van der Waals surface area contributed by atoms with Crippen LogP contribution in [0.2, 0.25) is 0 Å². The summed E-state index contributed by atoms with van der Waals surface area (Å²) in [5.41, 5.74) is 9.09. The molecule has 1 saturated heterocycles. The van der Waals surface area contributed by atoms with Crippen LogP contribution in [-0.4, -0.2) is 50.6 Å². The van der Waals surface area contributed by atoms with Gasteiger partial charge in [-0.15, -0.1) is 32.9 Å². The van der Waals surface area contributed by atoms with Crippen molar-refractivity contribution < 1.29 is 4.79 Å². The number of para-hydroxylation sites is 2. The number of aromatic amines is 1. The van der Waals surface area contributed by atoms with Crippen LogP contribution in [0.4, 0.5) is 11.4 Å². The van der Waals surface area contributed by atoms with E-state index in [0.29, 0.717) is 11.5 Å². The van der Waals surface area contributed by atoms with Gasteiger partial charge in [0.25, 0.3) is 5.91 Å². The van der Waals surface area contributed by atoms with Crippen molar-refractivity contribution in [3.63, 3.8) is 0 Å². The van der Waals surface area contributed by atoms with E-state index in [1.165, 1.54) is 22.7 Å². The average Bonchev–Trinajstić information content (AvgIpc) is 3.55. The van der Waals surface area contributed by atoms with Crippen LogP contribution in [0.25, 0.3) is 21.3 Å². The summed E-state index contributed by atoms with van der Waals surface area (Å²) in [7, 11) is 0. The van der Waals surface area contributed by atoms with Crippen molar-refractivity contribution in [3.05, 3.63) is 46.8 Å². The van der Waals surface area contributed by atoms with Gasteiger partial charge in [-0.25, -0.2) is 4.98 Å². The highest BCUT2D eigenvalue weighted by Gasteiger charge is 2.21. The smallest absolute Gasteiger partial charge is 0.275 e. The van der Waals surface area contributed by atoms with Crippen LogP contribution in [0.15, 0.2) is 41.1 Å². The minimum absolute atomic E-state index is 0.236. The molecule has 1 aliphatic heterocycles. The van der Waals surface area contributed by atoms with Crippen molar-refractivity contribution in [2.75, 3.05) is 23.3 Å². The van der Waals surface area contributed by atoms with Gasteiger partial charge in [-0.1, -0.05) is 12.1 Å². The van der Waals surface area contributed by atoms with Crippen molar-refractivity contribution >= 4 is 40.0 Å². The lowest BCUT2D eigenvalue weighted by atomic mass is 10.0. The van der Waals surface area contributed by atoms with E-state index in [0.717, 1.165) is 52.8 Å². The number of amides is 1. The Bertz CT molecular complexity index is 1180. The number of carbonyl (C=O) groups excluding carboxylic acids is 1. The quantitative estimate of drug-likeness (QED) is 0.424. The van der Waals surface area contributed by atoms with E-state index in [4.69, 9.17) is 5.73 Å². The molecule has 0 atom stereocenters. The molecule has 31 heavy (non-hydrogen) atoms. The number of nitrogens with zero attached hydrogens (tertiary/aromatic N) is 5. The predicted molar refractivity (Wildman–Crippen MR) is 122 cm³/mol. The molecule has 1 fully saturated rings. The van der Waals surface area contributed by atoms with E-state index in [2.05, 4.69) is 35.8 Å². The lowest BCUT2D eigenvalue weighted by Crippen LogP contribution is -2.40. The molecular formula is C20H20N8OS2. The van der Waals surface area contributed by atoms with Crippen LogP contribution in [0.1, 0.15) is 23.3 Å². The van der Waals surface area contributed by atoms with Crippen molar-refractivity contribution in [2.45, 2.75) is 18.9 Å². The third-order valence-electron chi connectivity index (χ3n) is 5.21. The molecule has 11 heteroatoms. The Labute approximate surface area is 186 Å². The molecular weight excluding hydrogens is 432 g/mol. The summed E-state index contributed by atoms with van der Waals surface area (Å²) in [6.45, 7) is 1.76. The molecule has 5 rings (SSSR count). The number of benzene rings is 1. The summed E-state index contributed by atoms with van der Waals surface area (Å²) in [5.74, 6) is 0.279. The minimum Gasteiger partial charge on any atom is -0.370 e. The van der Waals surface area contributed by atoms with Crippen LogP contribution in [0, 0.1) is 0 Å². The first kappa shape index (κ1) is 19.8. The second kappa shape index (κ2) is 8.53. The second-order valence-corrected chi connectivity index (χ2v) is 9.01. The lowest BCUT2D eigenvalue weighted by Gasteiger charge is -2.33. The standard InChI is InChI=1S/C20H20N8OS2/c21-12-5-8-28(9-6-12)16-4-2-1-3-14(16)22-19(29)15-11-31-20(23-15)13-7-10-30-17(13)18-24-26-27-25-18/h1-4,7,10-12H,5-6,8-9,21H2,(H,22,29)(H,24,25,26,27). The van der Waals surface area contributed by atoms with Gasteiger partial charge in [-0.05, 0) is 41.6 Å². The van der Waals surface area contributed by atoms with Gasteiger partial charge < -0.3 is 16.0 Å². The second-order valence-electron chi connectivity index (χ2n) is 7.23. The van der Waals surface area contributed by atoms with Gasteiger partial charge in [0.1, 0.15) is 10.7 Å². The number of hydrogen-bond acceptors (Lipinski definition) is 9. The van der Waals surface area contributed by atoms with E-state index in [1.54, 1.807) is 5.38 Å². The Morgan fingerprint density at radius 1 is 1.19 bits per heavy atom. The fourth-order valence-electron chi connectivity index (χ4n) is 3.59. The Hall–Kier alpha value is -3.15. The molecule has 0 saturated carbocycles. The predicted octanol–water partition coefficient (Wildman–Crippen LogP) is 3.23. The zero-order valence-corrected chi connectivity index (χ0v) is 18.1. The van der Waals surface area contributed by atoms with E-state index >= 15 is 0 Å². The molecule has 4 heterocycles. The summed E-state index contributed by atoms with van der Waals surface area (Å²) in [6, 6.07) is 10.1. The maximum atomic E-state index is 13.0. The number of anilines is 2. The highest BCUT2D eigenvalue weighted by Crippen LogP contribution is 2.36. The number of carbonyl (C=O) groups is 1. The number of nitrogens with one attached hydrogen (secondary N) is 2. The number of thiophene rings is 1. The third-order valence-corrected chi connectivity index (χ3v) is 7.00. The summed E-state index contributed by atoms with van der Waals surface area (Å²) >= 11 is 2.92. The van der Waals surface area contributed by atoms with Gasteiger partial charge in [0.15, 0.2) is 0 Å². The van der Waals surface area contributed by atoms with E-state index in [-0.39, 0.29) is 11.9 Å². The van der Waals surface area contributed by atoms with Gasteiger partial charge >= 0.3 is 0 Å². The molecule has 1 aliphatic rings. The normalized spacial score (nSPS) is 14.7. The molecule has 0 radical (unpaired) electrons.